The Morgan fingerprint density at radius 1 is 1.31 bits per heavy atom. The monoisotopic (exact) mass is 205 g/mol. The van der Waals surface area contributed by atoms with Gasteiger partial charge in [0.05, 0.1) is 11.2 Å². The first kappa shape index (κ1) is 10.5. The standard InChI is InChI=1S/C8H15NO3S/c1-4-6-7(5-2)13(11,12)9(3)8(6)10/h6-7H,4-5H2,1-3H3. The normalized spacial score (nSPS) is 32.5. The van der Waals surface area contributed by atoms with Crippen LogP contribution in [-0.4, -0.2) is 30.9 Å². The van der Waals surface area contributed by atoms with E-state index in [0.29, 0.717) is 12.8 Å². The predicted molar refractivity (Wildman–Crippen MR) is 49.5 cm³/mol. The summed E-state index contributed by atoms with van der Waals surface area (Å²) in [7, 11) is -2.00. The Bertz CT molecular complexity index is 309. The molecular weight excluding hydrogens is 190 g/mol. The van der Waals surface area contributed by atoms with Gasteiger partial charge >= 0.3 is 0 Å². The summed E-state index contributed by atoms with van der Waals surface area (Å²) >= 11 is 0. The van der Waals surface area contributed by atoms with E-state index in [1.807, 2.05) is 6.92 Å². The van der Waals surface area contributed by atoms with Crippen molar-refractivity contribution in [2.45, 2.75) is 31.9 Å². The summed E-state index contributed by atoms with van der Waals surface area (Å²) in [4.78, 5) is 11.5. The third kappa shape index (κ3) is 1.35. The lowest BCUT2D eigenvalue weighted by molar-refractivity contribution is -0.128. The molecule has 1 rings (SSSR count). The first-order chi connectivity index (χ1) is 5.96. The second-order valence-corrected chi connectivity index (χ2v) is 5.50. The molecule has 0 N–H and O–H groups in total. The third-order valence-corrected chi connectivity index (χ3v) is 5.05. The second kappa shape index (κ2) is 3.29. The van der Waals surface area contributed by atoms with Crippen LogP contribution in [0, 0.1) is 5.92 Å². The predicted octanol–water partition coefficient (Wildman–Crippen LogP) is 0.593. The van der Waals surface area contributed by atoms with Crippen molar-refractivity contribution in [2.24, 2.45) is 5.92 Å². The van der Waals surface area contributed by atoms with E-state index in [1.54, 1.807) is 6.92 Å². The summed E-state index contributed by atoms with van der Waals surface area (Å²) in [6.45, 7) is 3.65. The van der Waals surface area contributed by atoms with Gasteiger partial charge in [0.2, 0.25) is 15.9 Å². The molecule has 13 heavy (non-hydrogen) atoms. The van der Waals surface area contributed by atoms with Crippen LogP contribution >= 0.6 is 0 Å². The summed E-state index contributed by atoms with van der Waals surface area (Å²) in [6.07, 6.45) is 1.11. The van der Waals surface area contributed by atoms with Gasteiger partial charge in [-0.05, 0) is 12.8 Å². The average molecular weight is 205 g/mol. The van der Waals surface area contributed by atoms with Gasteiger partial charge in [0.25, 0.3) is 0 Å². The summed E-state index contributed by atoms with van der Waals surface area (Å²) in [5.41, 5.74) is 0. The number of sulfonamides is 1. The molecule has 0 aromatic carbocycles. The molecule has 1 aliphatic rings. The molecule has 5 heteroatoms. The van der Waals surface area contributed by atoms with Crippen LogP contribution < -0.4 is 0 Å². The fraction of sp³-hybridized carbons (Fsp3) is 0.875. The van der Waals surface area contributed by atoms with Gasteiger partial charge < -0.3 is 0 Å². The Labute approximate surface area is 79.0 Å². The Morgan fingerprint density at radius 3 is 2.15 bits per heavy atom. The summed E-state index contributed by atoms with van der Waals surface area (Å²) in [6, 6.07) is 0. The van der Waals surface area contributed by atoms with Crippen LogP contribution in [0.3, 0.4) is 0 Å². The molecule has 0 bridgehead atoms. The topological polar surface area (TPSA) is 54.5 Å². The fourth-order valence-corrected chi connectivity index (χ4v) is 3.80. The highest BCUT2D eigenvalue weighted by Crippen LogP contribution is 2.31. The molecule has 0 spiro atoms. The molecular formula is C8H15NO3S. The molecule has 76 valence electrons. The summed E-state index contributed by atoms with van der Waals surface area (Å²) in [5, 5.41) is -0.505. The Kier molecular flexibility index (Phi) is 2.66. The Balaban J connectivity index is 3.12. The zero-order chi connectivity index (χ0) is 10.2. The van der Waals surface area contributed by atoms with Crippen LogP contribution in [0.2, 0.25) is 0 Å². The lowest BCUT2D eigenvalue weighted by Crippen LogP contribution is -2.27. The van der Waals surface area contributed by atoms with Gasteiger partial charge in [-0.15, -0.1) is 0 Å². The first-order valence-electron chi connectivity index (χ1n) is 4.48. The van der Waals surface area contributed by atoms with Crippen molar-refractivity contribution in [1.29, 1.82) is 0 Å². The molecule has 2 unspecified atom stereocenters. The van der Waals surface area contributed by atoms with E-state index in [0.717, 1.165) is 4.31 Å². The van der Waals surface area contributed by atoms with Crippen LogP contribution in [0.4, 0.5) is 0 Å². The second-order valence-electron chi connectivity index (χ2n) is 3.31. The number of amides is 1. The van der Waals surface area contributed by atoms with E-state index in [1.165, 1.54) is 7.05 Å². The van der Waals surface area contributed by atoms with Crippen LogP contribution in [-0.2, 0) is 14.8 Å². The van der Waals surface area contributed by atoms with Crippen molar-refractivity contribution < 1.29 is 13.2 Å². The largest absolute Gasteiger partial charge is 0.273 e. The zero-order valence-electron chi connectivity index (χ0n) is 8.15. The lowest BCUT2D eigenvalue weighted by Gasteiger charge is -2.10. The molecule has 1 fully saturated rings. The van der Waals surface area contributed by atoms with Crippen LogP contribution in [0.25, 0.3) is 0 Å². The van der Waals surface area contributed by atoms with Crippen LogP contribution in [0.5, 0.6) is 0 Å². The number of carbonyl (C=O) groups excluding carboxylic acids is 1. The van der Waals surface area contributed by atoms with E-state index in [9.17, 15) is 13.2 Å². The van der Waals surface area contributed by atoms with E-state index in [2.05, 4.69) is 0 Å². The Morgan fingerprint density at radius 2 is 1.85 bits per heavy atom. The van der Waals surface area contributed by atoms with Crippen LogP contribution in [0.15, 0.2) is 0 Å². The highest BCUT2D eigenvalue weighted by atomic mass is 32.2. The maximum absolute atomic E-state index is 11.6. The van der Waals surface area contributed by atoms with Crippen LogP contribution in [0.1, 0.15) is 26.7 Å². The summed E-state index contributed by atoms with van der Waals surface area (Å²) in [5.74, 6) is -0.589. The number of hydrogen-bond donors (Lipinski definition) is 0. The molecule has 1 amide bonds. The molecule has 1 heterocycles. The van der Waals surface area contributed by atoms with Crippen molar-refractivity contribution in [1.82, 2.24) is 4.31 Å². The van der Waals surface area contributed by atoms with Gasteiger partial charge in [0.15, 0.2) is 0 Å². The van der Waals surface area contributed by atoms with Gasteiger partial charge in [-0.25, -0.2) is 12.7 Å². The molecule has 0 radical (unpaired) electrons. The van der Waals surface area contributed by atoms with Crippen molar-refractivity contribution >= 4 is 15.9 Å². The summed E-state index contributed by atoms with van der Waals surface area (Å²) < 4.78 is 24.1. The highest BCUT2D eigenvalue weighted by molar-refractivity contribution is 7.90. The van der Waals surface area contributed by atoms with Crippen molar-refractivity contribution in [3.63, 3.8) is 0 Å². The fourth-order valence-electron chi connectivity index (χ4n) is 1.86. The van der Waals surface area contributed by atoms with Gasteiger partial charge in [-0.1, -0.05) is 13.8 Å². The quantitative estimate of drug-likeness (QED) is 0.663. The molecule has 4 nitrogen and oxygen atoms in total. The molecule has 1 saturated heterocycles. The number of hydrogen-bond acceptors (Lipinski definition) is 3. The molecule has 0 aliphatic carbocycles. The Hall–Kier alpha value is -0.580. The first-order valence-corrected chi connectivity index (χ1v) is 5.98. The number of nitrogens with zero attached hydrogens (tertiary/aromatic N) is 1. The van der Waals surface area contributed by atoms with E-state index < -0.39 is 15.3 Å². The lowest BCUT2D eigenvalue weighted by atomic mass is 10.00. The van der Waals surface area contributed by atoms with Gasteiger partial charge in [0, 0.05) is 7.05 Å². The molecule has 1 aliphatic heterocycles. The highest BCUT2D eigenvalue weighted by Gasteiger charge is 2.48. The smallest absolute Gasteiger partial charge is 0.240 e. The van der Waals surface area contributed by atoms with E-state index in [4.69, 9.17) is 0 Å². The molecule has 0 saturated carbocycles. The molecule has 0 aromatic heterocycles. The molecule has 0 aromatic rings. The SMILES string of the molecule is CCC1C(=O)N(C)S(=O)(=O)C1CC. The maximum Gasteiger partial charge on any atom is 0.240 e. The minimum atomic E-state index is -3.34. The number of carbonyl (C=O) groups is 1. The molecule has 2 atom stereocenters. The van der Waals surface area contributed by atoms with Gasteiger partial charge in [-0.2, -0.15) is 0 Å². The third-order valence-electron chi connectivity index (χ3n) is 2.68. The van der Waals surface area contributed by atoms with Gasteiger partial charge in [-0.3, -0.25) is 4.79 Å². The minimum absolute atomic E-state index is 0.255. The van der Waals surface area contributed by atoms with Crippen molar-refractivity contribution in [3.8, 4) is 0 Å². The minimum Gasteiger partial charge on any atom is -0.273 e. The zero-order valence-corrected chi connectivity index (χ0v) is 8.97. The van der Waals surface area contributed by atoms with E-state index in [-0.39, 0.29) is 11.8 Å². The number of rotatable bonds is 2. The van der Waals surface area contributed by atoms with Crippen molar-refractivity contribution in [3.05, 3.63) is 0 Å². The maximum atomic E-state index is 11.6. The van der Waals surface area contributed by atoms with Gasteiger partial charge in [0.1, 0.15) is 0 Å². The van der Waals surface area contributed by atoms with Crippen molar-refractivity contribution in [2.75, 3.05) is 7.05 Å². The van der Waals surface area contributed by atoms with E-state index >= 15 is 0 Å². The average Bonchev–Trinajstić information content (AvgIpc) is 2.25.